The van der Waals surface area contributed by atoms with Crippen molar-refractivity contribution >= 4 is 17.4 Å². The van der Waals surface area contributed by atoms with Crippen LogP contribution < -0.4 is 10.6 Å². The molecule has 4 nitrogen and oxygen atoms in total. The lowest BCUT2D eigenvalue weighted by Gasteiger charge is -2.08. The lowest BCUT2D eigenvalue weighted by molar-refractivity contribution is -0.122. The fourth-order valence-electron chi connectivity index (χ4n) is 0.739. The van der Waals surface area contributed by atoms with Crippen LogP contribution in [-0.4, -0.2) is 23.7 Å². The Kier molecular flexibility index (Phi) is 3.89. The van der Waals surface area contributed by atoms with E-state index in [1.54, 1.807) is 16.9 Å². The van der Waals surface area contributed by atoms with E-state index < -0.39 is 18.8 Å². The molecule has 2 N–H and O–H groups in total. The second-order valence-electron chi connectivity index (χ2n) is 2.58. The van der Waals surface area contributed by atoms with E-state index in [9.17, 15) is 18.0 Å². The molecule has 0 aromatic carbocycles. The molecule has 0 unspecified atom stereocenters. The smallest absolute Gasteiger partial charge is 0.332 e. The number of amides is 2. The van der Waals surface area contributed by atoms with Gasteiger partial charge in [0.1, 0.15) is 11.6 Å². The second kappa shape index (κ2) is 4.96. The Labute approximate surface area is 87.5 Å². The number of halogens is 3. The van der Waals surface area contributed by atoms with Gasteiger partial charge in [-0.1, -0.05) is 0 Å². The van der Waals surface area contributed by atoms with Crippen LogP contribution in [0.25, 0.3) is 0 Å². The topological polar surface area (TPSA) is 54.0 Å². The SMILES string of the molecule is O=C(NCc1nccs1)NCC(F)(F)F. The summed E-state index contributed by atoms with van der Waals surface area (Å²) in [6.07, 6.45) is -2.84. The third kappa shape index (κ3) is 5.21. The van der Waals surface area contributed by atoms with E-state index in [0.29, 0.717) is 5.01 Å². The van der Waals surface area contributed by atoms with Gasteiger partial charge >= 0.3 is 12.2 Å². The highest BCUT2D eigenvalue weighted by molar-refractivity contribution is 7.09. The first kappa shape index (κ1) is 11.8. The van der Waals surface area contributed by atoms with Crippen LogP contribution in [0.3, 0.4) is 0 Å². The Morgan fingerprint density at radius 3 is 2.73 bits per heavy atom. The number of aromatic nitrogens is 1. The van der Waals surface area contributed by atoms with Gasteiger partial charge in [-0.05, 0) is 0 Å². The van der Waals surface area contributed by atoms with Crippen LogP contribution in [0.2, 0.25) is 0 Å². The first-order chi connectivity index (χ1) is 6.97. The molecule has 0 spiro atoms. The lowest BCUT2D eigenvalue weighted by atomic mass is 10.6. The largest absolute Gasteiger partial charge is 0.405 e. The minimum Gasteiger partial charge on any atom is -0.332 e. The predicted octanol–water partition coefficient (Wildman–Crippen LogP) is 1.50. The molecule has 0 radical (unpaired) electrons. The van der Waals surface area contributed by atoms with E-state index >= 15 is 0 Å². The van der Waals surface area contributed by atoms with Crippen molar-refractivity contribution in [1.29, 1.82) is 0 Å². The maximum atomic E-state index is 11.7. The number of rotatable bonds is 3. The Morgan fingerprint density at radius 1 is 1.47 bits per heavy atom. The third-order valence-electron chi connectivity index (χ3n) is 1.33. The first-order valence-corrected chi connectivity index (χ1v) is 4.82. The number of hydrogen-bond acceptors (Lipinski definition) is 3. The zero-order valence-electron chi connectivity index (χ0n) is 7.47. The molecule has 2 amide bonds. The molecule has 1 aromatic heterocycles. The highest BCUT2D eigenvalue weighted by Crippen LogP contribution is 2.11. The molecule has 84 valence electrons. The van der Waals surface area contributed by atoms with E-state index in [1.807, 2.05) is 0 Å². The Balaban J connectivity index is 2.20. The number of nitrogens with zero attached hydrogens (tertiary/aromatic N) is 1. The van der Waals surface area contributed by atoms with Crippen molar-refractivity contribution in [3.8, 4) is 0 Å². The van der Waals surface area contributed by atoms with Gasteiger partial charge in [-0.3, -0.25) is 0 Å². The second-order valence-corrected chi connectivity index (χ2v) is 3.56. The van der Waals surface area contributed by atoms with Gasteiger partial charge in [-0.25, -0.2) is 9.78 Å². The van der Waals surface area contributed by atoms with Crippen molar-refractivity contribution in [1.82, 2.24) is 15.6 Å². The van der Waals surface area contributed by atoms with Gasteiger partial charge in [0.05, 0.1) is 6.54 Å². The molecule has 1 aromatic rings. The molecule has 15 heavy (non-hydrogen) atoms. The normalized spacial score (nSPS) is 11.1. The monoisotopic (exact) mass is 239 g/mol. The number of thiazole rings is 1. The van der Waals surface area contributed by atoms with Gasteiger partial charge in [0.2, 0.25) is 0 Å². The molecule has 0 aliphatic carbocycles. The number of alkyl halides is 3. The molecule has 0 aliphatic rings. The van der Waals surface area contributed by atoms with Gasteiger partial charge in [-0.2, -0.15) is 13.2 Å². The summed E-state index contributed by atoms with van der Waals surface area (Å²) in [5, 5.41) is 6.29. The first-order valence-electron chi connectivity index (χ1n) is 3.94. The summed E-state index contributed by atoms with van der Waals surface area (Å²) in [5.41, 5.74) is 0. The van der Waals surface area contributed by atoms with Crippen molar-refractivity contribution in [2.24, 2.45) is 0 Å². The van der Waals surface area contributed by atoms with Gasteiger partial charge in [0, 0.05) is 11.6 Å². The quantitative estimate of drug-likeness (QED) is 0.840. The van der Waals surface area contributed by atoms with Crippen LogP contribution >= 0.6 is 11.3 Å². The summed E-state index contributed by atoms with van der Waals surface area (Å²) in [6, 6.07) is -0.859. The van der Waals surface area contributed by atoms with Crippen LogP contribution in [-0.2, 0) is 6.54 Å². The highest BCUT2D eigenvalue weighted by atomic mass is 32.1. The Morgan fingerprint density at radius 2 is 2.20 bits per heavy atom. The minimum absolute atomic E-state index is 0.126. The number of carbonyl (C=O) groups is 1. The molecule has 0 atom stereocenters. The van der Waals surface area contributed by atoms with Crippen molar-refractivity contribution in [2.45, 2.75) is 12.7 Å². The van der Waals surface area contributed by atoms with Crippen molar-refractivity contribution in [3.63, 3.8) is 0 Å². The average Bonchev–Trinajstić information content (AvgIpc) is 2.62. The molecule has 1 rings (SSSR count). The fraction of sp³-hybridized carbons (Fsp3) is 0.429. The molecular formula is C7H8F3N3OS. The van der Waals surface area contributed by atoms with E-state index in [-0.39, 0.29) is 6.54 Å². The summed E-state index contributed by atoms with van der Waals surface area (Å²) in [5.74, 6) is 0. The summed E-state index contributed by atoms with van der Waals surface area (Å²) >= 11 is 1.31. The molecule has 0 bridgehead atoms. The van der Waals surface area contributed by atoms with Gasteiger partial charge in [-0.15, -0.1) is 11.3 Å². The maximum absolute atomic E-state index is 11.7. The molecule has 0 aliphatic heterocycles. The maximum Gasteiger partial charge on any atom is 0.405 e. The molecule has 1 heterocycles. The zero-order chi connectivity index (χ0) is 11.3. The van der Waals surface area contributed by atoms with Crippen molar-refractivity contribution in [3.05, 3.63) is 16.6 Å². The molecular weight excluding hydrogens is 231 g/mol. The fourth-order valence-corrected chi connectivity index (χ4v) is 1.30. The number of nitrogens with one attached hydrogen (secondary N) is 2. The van der Waals surface area contributed by atoms with Crippen LogP contribution in [0.5, 0.6) is 0 Å². The predicted molar refractivity (Wildman–Crippen MR) is 48.4 cm³/mol. The van der Waals surface area contributed by atoms with E-state index in [0.717, 1.165) is 0 Å². The van der Waals surface area contributed by atoms with Gasteiger partial charge in [0.25, 0.3) is 0 Å². The molecule has 0 saturated heterocycles. The molecule has 8 heteroatoms. The van der Waals surface area contributed by atoms with Gasteiger partial charge in [0.15, 0.2) is 0 Å². The van der Waals surface area contributed by atoms with Crippen molar-refractivity contribution in [2.75, 3.05) is 6.54 Å². The van der Waals surface area contributed by atoms with E-state index in [2.05, 4.69) is 10.3 Å². The van der Waals surface area contributed by atoms with E-state index in [4.69, 9.17) is 0 Å². The van der Waals surface area contributed by atoms with Crippen LogP contribution in [0.1, 0.15) is 5.01 Å². The zero-order valence-corrected chi connectivity index (χ0v) is 8.28. The molecule has 0 saturated carbocycles. The van der Waals surface area contributed by atoms with Crippen LogP contribution in [0.4, 0.5) is 18.0 Å². The van der Waals surface area contributed by atoms with E-state index in [1.165, 1.54) is 11.3 Å². The van der Waals surface area contributed by atoms with Gasteiger partial charge < -0.3 is 10.6 Å². The highest BCUT2D eigenvalue weighted by Gasteiger charge is 2.27. The van der Waals surface area contributed by atoms with Crippen molar-refractivity contribution < 1.29 is 18.0 Å². The number of urea groups is 1. The number of carbonyl (C=O) groups excluding carboxylic acids is 1. The van der Waals surface area contributed by atoms with Crippen LogP contribution in [0.15, 0.2) is 11.6 Å². The third-order valence-corrected chi connectivity index (χ3v) is 2.11. The Hall–Kier alpha value is -1.31. The molecule has 0 fully saturated rings. The summed E-state index contributed by atoms with van der Waals surface area (Å²) in [6.45, 7) is -1.21. The average molecular weight is 239 g/mol. The minimum atomic E-state index is -4.39. The number of hydrogen-bond donors (Lipinski definition) is 2. The Bertz CT molecular complexity index is 312. The standard InChI is InChI=1S/C7H8F3N3OS/c8-7(9,10)4-13-6(14)12-3-5-11-1-2-15-5/h1-2H,3-4H2,(H2,12,13,14). The lowest BCUT2D eigenvalue weighted by Crippen LogP contribution is -2.40. The summed E-state index contributed by atoms with van der Waals surface area (Å²) < 4.78 is 35.0. The summed E-state index contributed by atoms with van der Waals surface area (Å²) in [7, 11) is 0. The van der Waals surface area contributed by atoms with Crippen LogP contribution in [0, 0.1) is 0 Å². The summed E-state index contributed by atoms with van der Waals surface area (Å²) in [4.78, 5) is 14.7.